The molecule has 10 atom stereocenters. The number of benzene rings is 1. The molecule has 9 rings (SSSR count). The molecule has 1 saturated heterocycles. The molecular weight excluding hydrogens is 782 g/mol. The lowest BCUT2D eigenvalue weighted by Crippen LogP contribution is -3.00. The Labute approximate surface area is 372 Å². The Bertz CT molecular complexity index is 2050. The highest BCUT2D eigenvalue weighted by Gasteiger charge is 2.70. The number of quaternary nitrogens is 1. The van der Waals surface area contributed by atoms with E-state index in [-0.39, 0.29) is 58.0 Å². The van der Waals surface area contributed by atoms with Crippen LogP contribution in [0, 0.1) is 56.7 Å². The van der Waals surface area contributed by atoms with Crippen molar-refractivity contribution in [3.05, 3.63) is 47.1 Å². The second kappa shape index (κ2) is 15.2. The highest BCUT2D eigenvalue weighted by atomic mass is 35.5. The fraction of sp³-hybridized carbons (Fsp3) is 0.725. The quantitative estimate of drug-likeness (QED) is 0.198. The molecule has 5 fully saturated rings. The number of amidine groups is 1. The number of nitrogens with zero attached hydrogens (tertiary/aromatic N) is 5. The number of ether oxygens (including phenoxy) is 1. The summed E-state index contributed by atoms with van der Waals surface area (Å²) in [6.07, 6.45) is 14.2. The zero-order valence-corrected chi connectivity index (χ0v) is 39.7. The zero-order chi connectivity index (χ0) is 42.8. The smallest absolute Gasteiger partial charge is 0.302 e. The van der Waals surface area contributed by atoms with Gasteiger partial charge in [-0.3, -0.25) is 19.3 Å². The SMILES string of the molecule is CC[N+]1(CC)CN2C(=N1)C(C(=O)N1CCN(C(=O)[C@]34CC[C@@H](C)[C@H](C)[C@H]3C3=CC[C@@H]5[C@@]6(C)CC[C@H](OC(C)=O)C(C)(C)[C@@H]6CC[C@@]5(C)[C@]3(C)CC4)CC1)=Cc1ccccc12.[Cl-]. The van der Waals surface area contributed by atoms with Crippen molar-refractivity contribution >= 4 is 35.4 Å². The van der Waals surface area contributed by atoms with Crippen molar-refractivity contribution in [2.45, 2.75) is 133 Å². The van der Waals surface area contributed by atoms with Crippen LogP contribution in [0.4, 0.5) is 5.69 Å². The maximum atomic E-state index is 15.4. The molecule has 0 aromatic heterocycles. The van der Waals surface area contributed by atoms with Gasteiger partial charge in [-0.15, -0.1) is 0 Å². The van der Waals surface area contributed by atoms with E-state index in [0.717, 1.165) is 88.2 Å². The van der Waals surface area contributed by atoms with Crippen molar-refractivity contribution in [3.8, 4) is 0 Å². The van der Waals surface area contributed by atoms with Gasteiger partial charge in [0.1, 0.15) is 19.2 Å². The van der Waals surface area contributed by atoms with Crippen molar-refractivity contribution in [2.24, 2.45) is 61.8 Å². The minimum absolute atomic E-state index is 0. The number of hydrogen-bond donors (Lipinski definition) is 0. The summed E-state index contributed by atoms with van der Waals surface area (Å²) in [6, 6.07) is 8.35. The molecule has 0 spiro atoms. The van der Waals surface area contributed by atoms with Gasteiger partial charge < -0.3 is 26.9 Å². The standard InChI is InChI=1S/C51H74N5O4.ClH/c1-11-56(12-2)32-55-39-16-14-13-15-36(39)31-37(44(55)52-56)45(58)53-27-29-54(30-28-53)46(59)51-24-19-33(3)34(4)43(51)38-17-18-41-48(8)22-21-42(60-35(5)57)47(6,7)40(48)20-23-50(41,10)49(38,9)25-26-51;/h13-17,31,33-34,40-43H,11-12,18-30,32H2,1-10H3;1H/q+1;/p-1/t33-,34+,40+,41-,42+,43+,48+,49-,50-,51+;/m1./s1. The van der Waals surface area contributed by atoms with Crippen molar-refractivity contribution in [3.63, 3.8) is 0 Å². The summed E-state index contributed by atoms with van der Waals surface area (Å²) < 4.78 is 6.59. The van der Waals surface area contributed by atoms with E-state index < -0.39 is 5.41 Å². The lowest BCUT2D eigenvalue weighted by atomic mass is 9.33. The molecule has 10 heteroatoms. The Hall–Kier alpha value is -3.17. The lowest BCUT2D eigenvalue weighted by molar-refractivity contribution is -0.925. The first kappa shape index (κ1) is 44.4. The molecule has 2 amide bonds. The first-order valence-electron chi connectivity index (χ1n) is 23.9. The Balaban J connectivity index is 0.00000514. The van der Waals surface area contributed by atoms with Crippen molar-refractivity contribution in [1.29, 1.82) is 0 Å². The van der Waals surface area contributed by atoms with Crippen LogP contribution in [0.25, 0.3) is 6.08 Å². The predicted molar refractivity (Wildman–Crippen MR) is 238 cm³/mol. The lowest BCUT2D eigenvalue weighted by Gasteiger charge is -2.71. The normalized spacial score (nSPS) is 39.3. The van der Waals surface area contributed by atoms with Gasteiger partial charge in [0, 0.05) is 38.5 Å². The molecule has 61 heavy (non-hydrogen) atoms. The fourth-order valence-electron chi connectivity index (χ4n) is 15.6. The van der Waals surface area contributed by atoms with Crippen LogP contribution in [0.15, 0.2) is 46.6 Å². The minimum atomic E-state index is -0.395. The summed E-state index contributed by atoms with van der Waals surface area (Å²) in [5.41, 5.74) is 4.32. The van der Waals surface area contributed by atoms with Crippen LogP contribution in [0.5, 0.6) is 0 Å². The summed E-state index contributed by atoms with van der Waals surface area (Å²) >= 11 is 0. The first-order valence-corrected chi connectivity index (χ1v) is 23.9. The topological polar surface area (TPSA) is 82.5 Å². The molecule has 0 unspecified atom stereocenters. The number of hydrogen-bond acceptors (Lipinski definition) is 6. The second-order valence-electron chi connectivity index (χ2n) is 22.2. The molecular formula is C51H74ClN5O4. The maximum absolute atomic E-state index is 15.4. The fourth-order valence-corrected chi connectivity index (χ4v) is 15.6. The van der Waals surface area contributed by atoms with Crippen molar-refractivity contribution in [2.75, 3.05) is 50.8 Å². The first-order chi connectivity index (χ1) is 28.4. The molecule has 0 radical (unpaired) electrons. The van der Waals surface area contributed by atoms with Gasteiger partial charge in [-0.25, -0.2) is 0 Å². The molecule has 0 bridgehead atoms. The highest BCUT2D eigenvalue weighted by molar-refractivity contribution is 6.31. The van der Waals surface area contributed by atoms with Gasteiger partial charge in [-0.2, -0.15) is 4.59 Å². The number of rotatable bonds is 5. The van der Waals surface area contributed by atoms with Crippen LogP contribution < -0.4 is 17.3 Å². The van der Waals surface area contributed by atoms with E-state index in [1.54, 1.807) is 12.5 Å². The van der Waals surface area contributed by atoms with E-state index >= 15 is 4.79 Å². The summed E-state index contributed by atoms with van der Waals surface area (Å²) in [7, 11) is 0. The average molecular weight is 857 g/mol. The third kappa shape index (κ3) is 6.29. The maximum Gasteiger partial charge on any atom is 0.302 e. The number of esters is 1. The van der Waals surface area contributed by atoms with Gasteiger partial charge in [0.05, 0.1) is 16.7 Å². The molecule has 3 aliphatic heterocycles. The van der Waals surface area contributed by atoms with Crippen LogP contribution >= 0.6 is 0 Å². The summed E-state index contributed by atoms with van der Waals surface area (Å²) in [6.45, 7) is 28.1. The zero-order valence-electron chi connectivity index (χ0n) is 39.0. The Morgan fingerprint density at radius 2 is 1.54 bits per heavy atom. The van der Waals surface area contributed by atoms with Gasteiger partial charge >= 0.3 is 5.97 Å². The van der Waals surface area contributed by atoms with E-state index in [0.29, 0.717) is 65.9 Å². The highest BCUT2D eigenvalue weighted by Crippen LogP contribution is 2.76. The van der Waals surface area contributed by atoms with Gasteiger partial charge in [-0.05, 0) is 135 Å². The number of fused-ring (bicyclic) bond motifs is 10. The number of halogens is 1. The van der Waals surface area contributed by atoms with Gasteiger partial charge in [0.2, 0.25) is 11.7 Å². The number of amides is 2. The monoisotopic (exact) mass is 856 g/mol. The van der Waals surface area contributed by atoms with E-state index in [2.05, 4.69) is 96.4 Å². The van der Waals surface area contributed by atoms with Gasteiger partial charge in [0.15, 0.2) is 6.67 Å². The van der Waals surface area contributed by atoms with Crippen LogP contribution in [0.3, 0.4) is 0 Å². The van der Waals surface area contributed by atoms with E-state index in [9.17, 15) is 9.59 Å². The largest absolute Gasteiger partial charge is 1.00 e. The van der Waals surface area contributed by atoms with Crippen molar-refractivity contribution < 1.29 is 36.1 Å². The van der Waals surface area contributed by atoms with Gasteiger partial charge in [-0.1, -0.05) is 83.4 Å². The number of piperazine rings is 1. The Morgan fingerprint density at radius 3 is 2.23 bits per heavy atom. The summed E-state index contributed by atoms with van der Waals surface area (Å²) in [5.74, 6) is 3.28. The van der Waals surface area contributed by atoms with E-state index in [4.69, 9.17) is 9.84 Å². The number of carbonyl (C=O) groups is 3. The molecule has 1 aromatic rings. The number of anilines is 1. The molecule has 1 aromatic carbocycles. The predicted octanol–water partition coefficient (Wildman–Crippen LogP) is 6.30. The number of para-hydroxylation sites is 1. The summed E-state index contributed by atoms with van der Waals surface area (Å²) in [5, 5.41) is 5.23. The molecule has 9 nitrogen and oxygen atoms in total. The molecule has 3 heterocycles. The van der Waals surface area contributed by atoms with Crippen LogP contribution in [-0.4, -0.2) is 90.1 Å². The third-order valence-electron chi connectivity index (χ3n) is 19.7. The Kier molecular flexibility index (Phi) is 11.1. The van der Waals surface area contributed by atoms with Crippen molar-refractivity contribution in [1.82, 2.24) is 9.80 Å². The second-order valence-corrected chi connectivity index (χ2v) is 22.2. The van der Waals surface area contributed by atoms with Crippen LogP contribution in [-0.2, 0) is 19.1 Å². The summed E-state index contributed by atoms with van der Waals surface area (Å²) in [4.78, 5) is 48.6. The number of allylic oxidation sites excluding steroid dienone is 2. The molecule has 4 saturated carbocycles. The third-order valence-corrected chi connectivity index (χ3v) is 19.7. The van der Waals surface area contributed by atoms with Crippen LogP contribution in [0.1, 0.15) is 133 Å². The number of carbonyl (C=O) groups excluding carboxylic acids is 3. The molecule has 5 aliphatic carbocycles. The molecule has 334 valence electrons. The Morgan fingerprint density at radius 1 is 0.852 bits per heavy atom. The minimum Gasteiger partial charge on any atom is -1.00 e. The van der Waals surface area contributed by atoms with Crippen LogP contribution in [0.2, 0.25) is 0 Å². The van der Waals surface area contributed by atoms with E-state index in [1.165, 1.54) is 6.42 Å². The van der Waals surface area contributed by atoms with Gasteiger partial charge in [0.25, 0.3) is 5.91 Å². The average Bonchev–Trinajstić information content (AvgIpc) is 3.64. The molecule has 8 aliphatic rings. The molecule has 0 N–H and O–H groups in total. The van der Waals surface area contributed by atoms with E-state index in [1.807, 2.05) is 17.0 Å².